The summed E-state index contributed by atoms with van der Waals surface area (Å²) < 4.78 is 24.7. The summed E-state index contributed by atoms with van der Waals surface area (Å²) in [6.45, 7) is 0.834. The first-order valence-electron chi connectivity index (χ1n) is 7.42. The van der Waals surface area contributed by atoms with Gasteiger partial charge in [0.1, 0.15) is 9.84 Å². The molecule has 1 N–H and O–H groups in total. The van der Waals surface area contributed by atoms with Gasteiger partial charge < -0.3 is 5.32 Å². The van der Waals surface area contributed by atoms with Crippen LogP contribution in [-0.2, 0) is 16.4 Å². The zero-order chi connectivity index (χ0) is 14.9. The van der Waals surface area contributed by atoms with E-state index in [0.29, 0.717) is 6.04 Å². The SMILES string of the molecule is CS(=O)(=O)C1CCCC(NCc2cc3ccccc3s2)C1. The van der Waals surface area contributed by atoms with Crippen molar-refractivity contribution in [2.75, 3.05) is 6.26 Å². The Balaban J connectivity index is 1.62. The Kier molecular flexibility index (Phi) is 4.33. The maximum Gasteiger partial charge on any atom is 0.150 e. The lowest BCUT2D eigenvalue weighted by atomic mass is 9.95. The van der Waals surface area contributed by atoms with Crippen molar-refractivity contribution in [3.8, 4) is 0 Å². The Bertz CT molecular complexity index is 688. The van der Waals surface area contributed by atoms with E-state index in [4.69, 9.17) is 0 Å². The molecule has 21 heavy (non-hydrogen) atoms. The molecular weight excluding hydrogens is 302 g/mol. The summed E-state index contributed by atoms with van der Waals surface area (Å²) >= 11 is 1.81. The predicted molar refractivity (Wildman–Crippen MR) is 89.6 cm³/mol. The normalized spacial score (nSPS) is 23.5. The molecule has 2 atom stereocenters. The zero-order valence-corrected chi connectivity index (χ0v) is 13.8. The summed E-state index contributed by atoms with van der Waals surface area (Å²) in [6.07, 6.45) is 5.02. The molecule has 0 bridgehead atoms. The van der Waals surface area contributed by atoms with Crippen LogP contribution in [0.1, 0.15) is 30.6 Å². The second-order valence-electron chi connectivity index (χ2n) is 5.95. The molecule has 1 aromatic carbocycles. The Morgan fingerprint density at radius 3 is 2.86 bits per heavy atom. The van der Waals surface area contributed by atoms with Crippen molar-refractivity contribution >= 4 is 31.3 Å². The molecule has 5 heteroatoms. The van der Waals surface area contributed by atoms with Crippen molar-refractivity contribution in [3.05, 3.63) is 35.2 Å². The maximum absolute atomic E-state index is 11.7. The quantitative estimate of drug-likeness (QED) is 0.938. The monoisotopic (exact) mass is 323 g/mol. The molecule has 1 fully saturated rings. The van der Waals surface area contributed by atoms with Crippen LogP contribution in [0.2, 0.25) is 0 Å². The van der Waals surface area contributed by atoms with E-state index in [-0.39, 0.29) is 5.25 Å². The molecule has 1 aromatic heterocycles. The summed E-state index contributed by atoms with van der Waals surface area (Å²) in [6, 6.07) is 10.9. The highest BCUT2D eigenvalue weighted by Gasteiger charge is 2.28. The Labute approximate surface area is 130 Å². The van der Waals surface area contributed by atoms with Gasteiger partial charge in [-0.1, -0.05) is 24.6 Å². The zero-order valence-electron chi connectivity index (χ0n) is 12.2. The van der Waals surface area contributed by atoms with E-state index in [2.05, 4.69) is 35.6 Å². The van der Waals surface area contributed by atoms with Crippen molar-refractivity contribution in [1.29, 1.82) is 0 Å². The van der Waals surface area contributed by atoms with E-state index in [0.717, 1.165) is 32.2 Å². The van der Waals surface area contributed by atoms with Crippen LogP contribution in [0.5, 0.6) is 0 Å². The van der Waals surface area contributed by atoms with Gasteiger partial charge in [0, 0.05) is 28.4 Å². The van der Waals surface area contributed by atoms with Crippen LogP contribution in [0, 0.1) is 0 Å². The van der Waals surface area contributed by atoms with Crippen LogP contribution < -0.4 is 5.32 Å². The minimum Gasteiger partial charge on any atom is -0.309 e. The maximum atomic E-state index is 11.7. The largest absolute Gasteiger partial charge is 0.309 e. The van der Waals surface area contributed by atoms with E-state index < -0.39 is 9.84 Å². The third-order valence-electron chi connectivity index (χ3n) is 4.27. The molecule has 3 nitrogen and oxygen atoms in total. The molecule has 0 saturated heterocycles. The smallest absolute Gasteiger partial charge is 0.150 e. The van der Waals surface area contributed by atoms with E-state index in [9.17, 15) is 8.42 Å². The summed E-state index contributed by atoms with van der Waals surface area (Å²) in [5.41, 5.74) is 0. The van der Waals surface area contributed by atoms with Crippen molar-refractivity contribution in [3.63, 3.8) is 0 Å². The minimum atomic E-state index is -2.90. The molecular formula is C16H21NO2S2. The average molecular weight is 323 g/mol. The van der Waals surface area contributed by atoms with Gasteiger partial charge in [-0.05, 0) is 36.8 Å². The highest BCUT2D eigenvalue weighted by molar-refractivity contribution is 7.91. The molecule has 0 spiro atoms. The number of hydrogen-bond donors (Lipinski definition) is 1. The molecule has 114 valence electrons. The summed E-state index contributed by atoms with van der Waals surface area (Å²) in [5.74, 6) is 0. The van der Waals surface area contributed by atoms with Gasteiger partial charge in [0.15, 0.2) is 0 Å². The molecule has 3 rings (SSSR count). The Morgan fingerprint density at radius 2 is 2.10 bits per heavy atom. The summed E-state index contributed by atoms with van der Waals surface area (Å²) in [5, 5.41) is 4.67. The first-order chi connectivity index (χ1) is 10.0. The fraction of sp³-hybridized carbons (Fsp3) is 0.500. The molecule has 2 aromatic rings. The second-order valence-corrected chi connectivity index (χ2v) is 9.44. The van der Waals surface area contributed by atoms with Crippen LogP contribution in [-0.4, -0.2) is 26.0 Å². The van der Waals surface area contributed by atoms with Crippen molar-refractivity contribution in [2.24, 2.45) is 0 Å². The fourth-order valence-electron chi connectivity index (χ4n) is 3.09. The van der Waals surface area contributed by atoms with Gasteiger partial charge in [-0.3, -0.25) is 0 Å². The predicted octanol–water partition coefficient (Wildman–Crippen LogP) is 3.35. The van der Waals surface area contributed by atoms with Crippen LogP contribution in [0.25, 0.3) is 10.1 Å². The number of hydrogen-bond acceptors (Lipinski definition) is 4. The van der Waals surface area contributed by atoms with Crippen LogP contribution in [0.3, 0.4) is 0 Å². The molecule has 0 aliphatic heterocycles. The van der Waals surface area contributed by atoms with Crippen molar-refractivity contribution < 1.29 is 8.42 Å². The molecule has 1 aliphatic rings. The fourth-order valence-corrected chi connectivity index (χ4v) is 5.28. The highest BCUT2D eigenvalue weighted by Crippen LogP contribution is 2.27. The van der Waals surface area contributed by atoms with Crippen molar-refractivity contribution in [2.45, 2.75) is 43.5 Å². The van der Waals surface area contributed by atoms with Gasteiger partial charge in [0.25, 0.3) is 0 Å². The number of rotatable bonds is 4. The lowest BCUT2D eigenvalue weighted by molar-refractivity contribution is 0.372. The molecule has 0 amide bonds. The van der Waals surface area contributed by atoms with E-state index in [1.54, 1.807) is 0 Å². The molecule has 0 radical (unpaired) electrons. The number of nitrogens with one attached hydrogen (secondary N) is 1. The summed E-state index contributed by atoms with van der Waals surface area (Å²) in [7, 11) is -2.90. The van der Waals surface area contributed by atoms with E-state index >= 15 is 0 Å². The molecule has 1 saturated carbocycles. The minimum absolute atomic E-state index is 0.161. The second kappa shape index (κ2) is 6.07. The number of sulfone groups is 1. The van der Waals surface area contributed by atoms with Crippen molar-refractivity contribution in [1.82, 2.24) is 5.32 Å². The Morgan fingerprint density at radius 1 is 1.29 bits per heavy atom. The van der Waals surface area contributed by atoms with Crippen LogP contribution in [0.15, 0.2) is 30.3 Å². The van der Waals surface area contributed by atoms with Gasteiger partial charge in [-0.25, -0.2) is 8.42 Å². The van der Waals surface area contributed by atoms with E-state index in [1.807, 2.05) is 11.3 Å². The first-order valence-corrected chi connectivity index (χ1v) is 10.2. The first kappa shape index (κ1) is 15.0. The lowest BCUT2D eigenvalue weighted by Crippen LogP contribution is -2.38. The number of thiophene rings is 1. The average Bonchev–Trinajstić information content (AvgIpc) is 2.87. The van der Waals surface area contributed by atoms with Gasteiger partial charge >= 0.3 is 0 Å². The molecule has 1 aliphatic carbocycles. The van der Waals surface area contributed by atoms with Gasteiger partial charge in [0.05, 0.1) is 5.25 Å². The number of benzene rings is 1. The Hall–Kier alpha value is -0.910. The third kappa shape index (κ3) is 3.65. The van der Waals surface area contributed by atoms with Gasteiger partial charge in [-0.15, -0.1) is 11.3 Å². The van der Waals surface area contributed by atoms with E-state index in [1.165, 1.54) is 21.2 Å². The van der Waals surface area contributed by atoms with Gasteiger partial charge in [-0.2, -0.15) is 0 Å². The van der Waals surface area contributed by atoms with Crippen LogP contribution in [0.4, 0.5) is 0 Å². The van der Waals surface area contributed by atoms with Gasteiger partial charge in [0.2, 0.25) is 0 Å². The third-order valence-corrected chi connectivity index (χ3v) is 7.03. The standard InChI is InChI=1S/C16H21NO2S2/c1-21(18,19)15-7-4-6-13(10-15)17-11-14-9-12-5-2-3-8-16(12)20-14/h2-3,5,8-9,13,15,17H,4,6-7,10-11H2,1H3. The summed E-state index contributed by atoms with van der Waals surface area (Å²) in [4.78, 5) is 1.32. The van der Waals surface area contributed by atoms with Crippen LogP contribution >= 0.6 is 11.3 Å². The molecule has 2 unspecified atom stereocenters. The molecule has 1 heterocycles. The highest BCUT2D eigenvalue weighted by atomic mass is 32.2. The topological polar surface area (TPSA) is 46.2 Å². The number of fused-ring (bicyclic) bond motifs is 1. The lowest BCUT2D eigenvalue weighted by Gasteiger charge is -2.28.